The van der Waals surface area contributed by atoms with Crippen LogP contribution < -0.4 is 10.1 Å². The summed E-state index contributed by atoms with van der Waals surface area (Å²) in [5.74, 6) is 0.261. The summed E-state index contributed by atoms with van der Waals surface area (Å²) < 4.78 is 27.7. The fourth-order valence-corrected chi connectivity index (χ4v) is 3.89. The van der Waals surface area contributed by atoms with Gasteiger partial charge in [-0.2, -0.15) is 0 Å². The van der Waals surface area contributed by atoms with Crippen LogP contribution in [0.2, 0.25) is 5.02 Å². The molecule has 1 aromatic rings. The minimum absolute atomic E-state index is 0.0778. The molecular weight excluding hydrogens is 302 g/mol. The summed E-state index contributed by atoms with van der Waals surface area (Å²) in [6, 6.07) is 4.98. The predicted molar refractivity (Wildman–Crippen MR) is 78.0 cm³/mol. The molecule has 1 fully saturated rings. The van der Waals surface area contributed by atoms with Gasteiger partial charge in [0.1, 0.15) is 15.6 Å². The van der Waals surface area contributed by atoms with Gasteiger partial charge in [-0.3, -0.25) is 4.79 Å². The minimum atomic E-state index is -2.96. The molecule has 1 saturated heterocycles. The lowest BCUT2D eigenvalue weighted by atomic mass is 10.0. The monoisotopic (exact) mass is 317 g/mol. The Hall–Kier alpha value is -1.27. The number of anilines is 1. The van der Waals surface area contributed by atoms with Gasteiger partial charge in [-0.25, -0.2) is 8.42 Å². The quantitative estimate of drug-likeness (QED) is 0.926. The largest absolute Gasteiger partial charge is 0.495 e. The number of hydrogen-bond acceptors (Lipinski definition) is 4. The number of methoxy groups -OCH3 is 1. The molecule has 1 N–H and O–H groups in total. The first kappa shape index (κ1) is 15.1. The highest BCUT2D eigenvalue weighted by Gasteiger charge is 2.28. The minimum Gasteiger partial charge on any atom is -0.495 e. The Bertz CT molecular complexity index is 601. The lowest BCUT2D eigenvalue weighted by molar-refractivity contribution is -0.120. The van der Waals surface area contributed by atoms with E-state index in [1.54, 1.807) is 18.2 Å². The highest BCUT2D eigenvalue weighted by atomic mass is 35.5. The second-order valence-corrected chi connectivity index (χ2v) is 7.48. The van der Waals surface area contributed by atoms with Gasteiger partial charge in [0.25, 0.3) is 0 Å². The van der Waals surface area contributed by atoms with Crippen LogP contribution in [0.5, 0.6) is 5.75 Å². The van der Waals surface area contributed by atoms with E-state index >= 15 is 0 Å². The Morgan fingerprint density at radius 2 is 2.00 bits per heavy atom. The van der Waals surface area contributed by atoms with Gasteiger partial charge in [-0.15, -0.1) is 0 Å². The maximum atomic E-state index is 12.1. The summed E-state index contributed by atoms with van der Waals surface area (Å²) in [7, 11) is -1.44. The van der Waals surface area contributed by atoms with E-state index in [9.17, 15) is 13.2 Å². The summed E-state index contributed by atoms with van der Waals surface area (Å²) >= 11 is 5.98. The van der Waals surface area contributed by atoms with Gasteiger partial charge in [-0.1, -0.05) is 11.6 Å². The molecule has 1 aliphatic heterocycles. The van der Waals surface area contributed by atoms with Gasteiger partial charge in [0.15, 0.2) is 0 Å². The standard InChI is InChI=1S/C13H16ClNO4S/c1-19-12-3-2-10(8-11(12)14)15-13(16)9-4-6-20(17,18)7-5-9/h2-3,8-9H,4-7H2,1H3,(H,15,16). The first-order valence-corrected chi connectivity index (χ1v) is 8.46. The van der Waals surface area contributed by atoms with Crippen molar-refractivity contribution in [1.82, 2.24) is 0 Å². The molecule has 1 amide bonds. The van der Waals surface area contributed by atoms with Gasteiger partial charge in [-0.05, 0) is 31.0 Å². The molecule has 0 saturated carbocycles. The maximum absolute atomic E-state index is 12.1. The average molecular weight is 318 g/mol. The molecule has 0 spiro atoms. The number of carbonyl (C=O) groups is 1. The average Bonchev–Trinajstić information content (AvgIpc) is 2.38. The van der Waals surface area contributed by atoms with Crippen LogP contribution in [0.3, 0.4) is 0 Å². The lowest BCUT2D eigenvalue weighted by Crippen LogP contribution is -2.31. The van der Waals surface area contributed by atoms with Gasteiger partial charge in [0.2, 0.25) is 5.91 Å². The van der Waals surface area contributed by atoms with E-state index in [4.69, 9.17) is 16.3 Å². The Kier molecular flexibility index (Phi) is 4.55. The fourth-order valence-electron chi connectivity index (χ4n) is 2.14. The molecule has 5 nitrogen and oxygen atoms in total. The third-order valence-electron chi connectivity index (χ3n) is 3.34. The predicted octanol–water partition coefficient (Wildman–Crippen LogP) is 2.11. The summed E-state index contributed by atoms with van der Waals surface area (Å²) in [4.78, 5) is 12.1. The van der Waals surface area contributed by atoms with E-state index in [1.165, 1.54) is 7.11 Å². The fraction of sp³-hybridized carbons (Fsp3) is 0.462. The van der Waals surface area contributed by atoms with E-state index in [0.29, 0.717) is 29.3 Å². The molecular formula is C13H16ClNO4S. The molecule has 0 aromatic heterocycles. The molecule has 1 heterocycles. The lowest BCUT2D eigenvalue weighted by Gasteiger charge is -2.21. The van der Waals surface area contributed by atoms with E-state index in [-0.39, 0.29) is 23.3 Å². The summed E-state index contributed by atoms with van der Waals surface area (Å²) in [6.45, 7) is 0. The number of benzene rings is 1. The molecule has 0 radical (unpaired) electrons. The van der Waals surface area contributed by atoms with Crippen molar-refractivity contribution in [2.75, 3.05) is 23.9 Å². The number of nitrogens with one attached hydrogen (secondary N) is 1. The number of hydrogen-bond donors (Lipinski definition) is 1. The number of ether oxygens (including phenoxy) is 1. The summed E-state index contributed by atoms with van der Waals surface area (Å²) in [5, 5.41) is 3.17. The number of amides is 1. The van der Waals surface area contributed by atoms with Crippen LogP contribution in [0.15, 0.2) is 18.2 Å². The Morgan fingerprint density at radius 1 is 1.35 bits per heavy atom. The van der Waals surface area contributed by atoms with Crippen molar-refractivity contribution >= 4 is 33.0 Å². The van der Waals surface area contributed by atoms with Crippen molar-refractivity contribution in [3.8, 4) is 5.75 Å². The topological polar surface area (TPSA) is 72.5 Å². The van der Waals surface area contributed by atoms with Crippen molar-refractivity contribution in [3.05, 3.63) is 23.2 Å². The molecule has 0 atom stereocenters. The van der Waals surface area contributed by atoms with Crippen LogP contribution in [-0.4, -0.2) is 32.9 Å². The van der Waals surface area contributed by atoms with Crippen LogP contribution >= 0.6 is 11.6 Å². The van der Waals surface area contributed by atoms with Gasteiger partial charge in [0.05, 0.1) is 23.6 Å². The van der Waals surface area contributed by atoms with Crippen LogP contribution in [0, 0.1) is 5.92 Å². The molecule has 2 rings (SSSR count). The SMILES string of the molecule is COc1ccc(NC(=O)C2CCS(=O)(=O)CC2)cc1Cl. The molecule has 1 aromatic carbocycles. The van der Waals surface area contributed by atoms with Gasteiger partial charge >= 0.3 is 0 Å². The van der Waals surface area contributed by atoms with E-state index in [1.807, 2.05) is 0 Å². The van der Waals surface area contributed by atoms with Gasteiger partial charge < -0.3 is 10.1 Å². The number of carbonyl (C=O) groups excluding carboxylic acids is 1. The normalized spacial score (nSPS) is 18.5. The second-order valence-electron chi connectivity index (χ2n) is 4.76. The highest BCUT2D eigenvalue weighted by Crippen LogP contribution is 2.28. The van der Waals surface area contributed by atoms with E-state index < -0.39 is 9.84 Å². The molecule has 0 aliphatic carbocycles. The molecule has 0 unspecified atom stereocenters. The first-order chi connectivity index (χ1) is 9.41. The Morgan fingerprint density at radius 3 is 2.55 bits per heavy atom. The van der Waals surface area contributed by atoms with E-state index in [2.05, 4.69) is 5.32 Å². The van der Waals surface area contributed by atoms with Crippen LogP contribution in [-0.2, 0) is 14.6 Å². The van der Waals surface area contributed by atoms with Crippen molar-refractivity contribution < 1.29 is 17.9 Å². The molecule has 110 valence electrons. The van der Waals surface area contributed by atoms with Gasteiger partial charge in [0, 0.05) is 11.6 Å². The zero-order valence-corrected chi connectivity index (χ0v) is 12.6. The zero-order chi connectivity index (χ0) is 14.8. The third kappa shape index (κ3) is 3.64. The van der Waals surface area contributed by atoms with Crippen molar-refractivity contribution in [2.24, 2.45) is 5.92 Å². The molecule has 20 heavy (non-hydrogen) atoms. The molecule has 7 heteroatoms. The van der Waals surface area contributed by atoms with Crippen LogP contribution in [0.4, 0.5) is 5.69 Å². The Labute approximate surface area is 123 Å². The zero-order valence-electron chi connectivity index (χ0n) is 11.1. The molecule has 1 aliphatic rings. The smallest absolute Gasteiger partial charge is 0.227 e. The summed E-state index contributed by atoms with van der Waals surface area (Å²) in [6.07, 6.45) is 0.746. The van der Waals surface area contributed by atoms with E-state index in [0.717, 1.165) is 0 Å². The Balaban J connectivity index is 2.00. The molecule has 0 bridgehead atoms. The van der Waals surface area contributed by atoms with Crippen molar-refractivity contribution in [1.29, 1.82) is 0 Å². The number of halogens is 1. The third-order valence-corrected chi connectivity index (χ3v) is 5.36. The van der Waals surface area contributed by atoms with Crippen molar-refractivity contribution in [2.45, 2.75) is 12.8 Å². The highest BCUT2D eigenvalue weighted by molar-refractivity contribution is 7.91. The second kappa shape index (κ2) is 6.01. The number of sulfone groups is 1. The summed E-state index contributed by atoms with van der Waals surface area (Å²) in [5.41, 5.74) is 0.578. The van der Waals surface area contributed by atoms with Crippen LogP contribution in [0.1, 0.15) is 12.8 Å². The number of rotatable bonds is 3. The maximum Gasteiger partial charge on any atom is 0.227 e. The van der Waals surface area contributed by atoms with Crippen LogP contribution in [0.25, 0.3) is 0 Å². The first-order valence-electron chi connectivity index (χ1n) is 6.26. The van der Waals surface area contributed by atoms with Crippen molar-refractivity contribution in [3.63, 3.8) is 0 Å².